The summed E-state index contributed by atoms with van der Waals surface area (Å²) in [6.07, 6.45) is 8.96. The molecule has 0 spiro atoms. The molecule has 0 aliphatic heterocycles. The summed E-state index contributed by atoms with van der Waals surface area (Å²) in [7, 11) is 0. The summed E-state index contributed by atoms with van der Waals surface area (Å²) >= 11 is 2.38. The van der Waals surface area contributed by atoms with E-state index in [1.165, 1.54) is 17.2 Å². The summed E-state index contributed by atoms with van der Waals surface area (Å²) in [4.78, 5) is 0. The summed E-state index contributed by atoms with van der Waals surface area (Å²) < 4.78 is 1.08. The van der Waals surface area contributed by atoms with Crippen molar-refractivity contribution in [3.8, 4) is 6.07 Å². The minimum Gasteiger partial charge on any atom is -0.193 e. The lowest BCUT2D eigenvalue weighted by atomic mass is 9.92. The van der Waals surface area contributed by atoms with Crippen molar-refractivity contribution in [2.45, 2.75) is 13.3 Å². The Labute approximate surface area is 93.0 Å². The van der Waals surface area contributed by atoms with Crippen LogP contribution in [0.3, 0.4) is 0 Å². The van der Waals surface area contributed by atoms with E-state index in [-0.39, 0.29) is 0 Å². The zero-order valence-corrected chi connectivity index (χ0v) is 9.78. The second-order valence-corrected chi connectivity index (χ2v) is 4.01. The van der Waals surface area contributed by atoms with Gasteiger partial charge in [-0.1, -0.05) is 47.2 Å². The Balaban J connectivity index is 2.79. The van der Waals surface area contributed by atoms with Crippen molar-refractivity contribution in [1.82, 2.24) is 0 Å². The lowest BCUT2D eigenvalue weighted by molar-refractivity contribution is 0.706. The van der Waals surface area contributed by atoms with Crippen LogP contribution in [0.4, 0.5) is 0 Å². The minimum absolute atomic E-state index is 0.605. The number of nitriles is 1. The molecule has 0 radical (unpaired) electrons. The maximum atomic E-state index is 8.40. The van der Waals surface area contributed by atoms with E-state index in [1.807, 2.05) is 12.1 Å². The largest absolute Gasteiger partial charge is 0.193 e. The van der Waals surface area contributed by atoms with Crippen LogP contribution in [0.2, 0.25) is 0 Å². The first kappa shape index (κ1) is 10.5. The van der Waals surface area contributed by atoms with Gasteiger partial charge in [0.2, 0.25) is 0 Å². The van der Waals surface area contributed by atoms with E-state index in [1.54, 1.807) is 0 Å². The number of allylic oxidation sites excluding steroid dienone is 6. The minimum atomic E-state index is 0.605. The van der Waals surface area contributed by atoms with Crippen LogP contribution in [0.25, 0.3) is 0 Å². The van der Waals surface area contributed by atoms with Gasteiger partial charge in [-0.3, -0.25) is 0 Å². The molecule has 0 amide bonds. The third-order valence-corrected chi connectivity index (χ3v) is 2.93. The Morgan fingerprint density at radius 2 is 2.54 bits per heavy atom. The average Bonchev–Trinajstić information content (AvgIpc) is 2.14. The number of hydrogen-bond donors (Lipinski definition) is 0. The number of nitrogens with zero attached hydrogens (tertiary/aromatic N) is 1. The lowest BCUT2D eigenvalue weighted by Gasteiger charge is -2.15. The van der Waals surface area contributed by atoms with E-state index in [0.717, 1.165) is 10.8 Å². The molecule has 68 valence electrons. The Bertz CT molecular complexity index is 305. The molecule has 1 aliphatic carbocycles. The fourth-order valence-electron chi connectivity index (χ4n) is 1.47. The predicted octanol–water partition coefficient (Wildman–Crippen LogP) is 3.39. The van der Waals surface area contributed by atoms with Crippen molar-refractivity contribution in [3.05, 3.63) is 35.5 Å². The normalized spacial score (nSPS) is 22.4. The molecular weight excluding hydrogens is 273 g/mol. The first-order valence-electron chi connectivity index (χ1n) is 4.29. The first-order valence-corrected chi connectivity index (χ1v) is 5.82. The zero-order valence-electron chi connectivity index (χ0n) is 7.63. The molecule has 0 aromatic heterocycles. The second-order valence-electron chi connectivity index (χ2n) is 3.25. The standard InChI is InChI=1S/C11H12IN/c1-9-5-10(3-2-4-13)7-11(6-9)8-12/h2-3,5,7,9H,6,8H2,1H3/b3-2+. The van der Waals surface area contributed by atoms with E-state index >= 15 is 0 Å². The van der Waals surface area contributed by atoms with Gasteiger partial charge in [0.05, 0.1) is 6.07 Å². The number of rotatable bonds is 2. The van der Waals surface area contributed by atoms with Crippen LogP contribution in [0, 0.1) is 17.2 Å². The van der Waals surface area contributed by atoms with Crippen LogP contribution in [0.1, 0.15) is 13.3 Å². The van der Waals surface area contributed by atoms with Gasteiger partial charge < -0.3 is 0 Å². The number of halogens is 1. The van der Waals surface area contributed by atoms with E-state index in [2.05, 4.69) is 41.7 Å². The molecule has 0 N–H and O–H groups in total. The predicted molar refractivity (Wildman–Crippen MR) is 63.6 cm³/mol. The Morgan fingerprint density at radius 1 is 1.77 bits per heavy atom. The van der Waals surface area contributed by atoms with Gasteiger partial charge in [0.15, 0.2) is 0 Å². The van der Waals surface area contributed by atoms with Crippen LogP contribution >= 0.6 is 22.6 Å². The summed E-state index contributed by atoms with van der Waals surface area (Å²) in [6, 6.07) is 2.01. The Hall–Kier alpha value is -0.560. The highest BCUT2D eigenvalue weighted by molar-refractivity contribution is 14.1. The average molecular weight is 285 g/mol. The van der Waals surface area contributed by atoms with Crippen LogP contribution in [-0.2, 0) is 0 Å². The molecule has 0 aromatic rings. The quantitative estimate of drug-likeness (QED) is 0.433. The molecule has 0 aromatic carbocycles. The Kier molecular flexibility index (Phi) is 4.23. The summed E-state index contributed by atoms with van der Waals surface area (Å²) in [5.74, 6) is 0.605. The molecule has 0 fully saturated rings. The maximum Gasteiger partial charge on any atom is 0.0912 e. The van der Waals surface area contributed by atoms with Gasteiger partial charge in [-0.05, 0) is 24.0 Å². The molecule has 1 aliphatic rings. The van der Waals surface area contributed by atoms with E-state index in [9.17, 15) is 0 Å². The Morgan fingerprint density at radius 3 is 3.15 bits per heavy atom. The smallest absolute Gasteiger partial charge is 0.0912 e. The molecule has 1 unspecified atom stereocenters. The molecule has 1 rings (SSSR count). The van der Waals surface area contributed by atoms with E-state index in [0.29, 0.717) is 5.92 Å². The third-order valence-electron chi connectivity index (χ3n) is 1.95. The fraction of sp³-hybridized carbons (Fsp3) is 0.364. The molecule has 0 bridgehead atoms. The highest BCUT2D eigenvalue weighted by atomic mass is 127. The second kappa shape index (κ2) is 5.23. The molecular formula is C11H12IN. The van der Waals surface area contributed by atoms with Crippen LogP contribution in [0.5, 0.6) is 0 Å². The van der Waals surface area contributed by atoms with Gasteiger partial charge in [0.1, 0.15) is 0 Å². The SMILES string of the molecule is CC1C=C(/C=C/C#N)C=C(CI)C1. The number of alkyl halides is 1. The molecule has 0 saturated heterocycles. The maximum absolute atomic E-state index is 8.40. The molecule has 2 heteroatoms. The zero-order chi connectivity index (χ0) is 9.68. The summed E-state index contributed by atoms with van der Waals surface area (Å²) in [6.45, 7) is 2.21. The van der Waals surface area contributed by atoms with Gasteiger partial charge in [-0.25, -0.2) is 0 Å². The van der Waals surface area contributed by atoms with Gasteiger partial charge in [-0.15, -0.1) is 0 Å². The first-order chi connectivity index (χ1) is 6.26. The molecule has 1 atom stereocenters. The highest BCUT2D eigenvalue weighted by Gasteiger charge is 2.08. The third kappa shape index (κ3) is 3.35. The number of hydrogen-bond acceptors (Lipinski definition) is 1. The van der Waals surface area contributed by atoms with Gasteiger partial charge in [0, 0.05) is 10.5 Å². The van der Waals surface area contributed by atoms with Crippen LogP contribution in [-0.4, -0.2) is 4.43 Å². The van der Waals surface area contributed by atoms with Crippen molar-refractivity contribution < 1.29 is 0 Å². The van der Waals surface area contributed by atoms with Gasteiger partial charge >= 0.3 is 0 Å². The van der Waals surface area contributed by atoms with Crippen LogP contribution in [0.15, 0.2) is 35.5 Å². The van der Waals surface area contributed by atoms with Gasteiger partial charge in [0.25, 0.3) is 0 Å². The van der Waals surface area contributed by atoms with Crippen LogP contribution < -0.4 is 0 Å². The molecule has 0 heterocycles. The van der Waals surface area contributed by atoms with Crippen molar-refractivity contribution in [1.29, 1.82) is 5.26 Å². The fourth-order valence-corrected chi connectivity index (χ4v) is 2.01. The van der Waals surface area contributed by atoms with Crippen molar-refractivity contribution in [3.63, 3.8) is 0 Å². The highest BCUT2D eigenvalue weighted by Crippen LogP contribution is 2.24. The van der Waals surface area contributed by atoms with Crippen molar-refractivity contribution in [2.24, 2.45) is 5.92 Å². The molecule has 0 saturated carbocycles. The van der Waals surface area contributed by atoms with Gasteiger partial charge in [-0.2, -0.15) is 5.26 Å². The summed E-state index contributed by atoms with van der Waals surface area (Å²) in [5.41, 5.74) is 2.64. The summed E-state index contributed by atoms with van der Waals surface area (Å²) in [5, 5.41) is 8.40. The lowest BCUT2D eigenvalue weighted by Crippen LogP contribution is -2.01. The molecule has 13 heavy (non-hydrogen) atoms. The topological polar surface area (TPSA) is 23.8 Å². The van der Waals surface area contributed by atoms with E-state index in [4.69, 9.17) is 5.26 Å². The monoisotopic (exact) mass is 285 g/mol. The molecule has 1 nitrogen and oxygen atoms in total. The van der Waals surface area contributed by atoms with Crippen molar-refractivity contribution >= 4 is 22.6 Å². The van der Waals surface area contributed by atoms with E-state index < -0.39 is 0 Å². The van der Waals surface area contributed by atoms with Crippen molar-refractivity contribution in [2.75, 3.05) is 4.43 Å².